The molecule has 0 spiro atoms. The smallest absolute Gasteiger partial charge is 0.154 e. The Kier molecular flexibility index (Phi) is 3.80. The number of hydrogen-bond donors (Lipinski definition) is 0. The summed E-state index contributed by atoms with van der Waals surface area (Å²) >= 11 is 3.37. The van der Waals surface area contributed by atoms with Gasteiger partial charge in [-0.3, -0.25) is 0 Å². The number of benzene rings is 1. The van der Waals surface area contributed by atoms with E-state index in [-0.39, 0.29) is 10.6 Å². The van der Waals surface area contributed by atoms with Crippen LogP contribution in [0.25, 0.3) is 0 Å². The first-order valence-corrected chi connectivity index (χ1v) is 7.56. The molecule has 1 unspecified atom stereocenters. The van der Waals surface area contributed by atoms with Crippen LogP contribution in [0.4, 0.5) is 4.39 Å². The summed E-state index contributed by atoms with van der Waals surface area (Å²) in [7, 11) is -3.20. The normalized spacial score (nSPS) is 14.8. The molecule has 0 aliphatic heterocycles. The first-order valence-electron chi connectivity index (χ1n) is 4.75. The van der Waals surface area contributed by atoms with E-state index < -0.39 is 14.6 Å². The topological polar surface area (TPSA) is 34.1 Å². The molecular weight excluding hydrogens is 295 g/mol. The molecule has 1 aromatic rings. The van der Waals surface area contributed by atoms with Crippen molar-refractivity contribution >= 4 is 25.8 Å². The van der Waals surface area contributed by atoms with Crippen LogP contribution in [-0.4, -0.2) is 19.4 Å². The van der Waals surface area contributed by atoms with Crippen molar-refractivity contribution in [1.82, 2.24) is 0 Å². The third kappa shape index (κ3) is 2.63. The number of rotatable bonds is 3. The van der Waals surface area contributed by atoms with Gasteiger partial charge in [0.25, 0.3) is 0 Å². The van der Waals surface area contributed by atoms with E-state index in [2.05, 4.69) is 15.9 Å². The van der Waals surface area contributed by atoms with Crippen molar-refractivity contribution in [2.24, 2.45) is 0 Å². The highest BCUT2D eigenvalue weighted by molar-refractivity contribution is 9.09. The molecule has 1 aromatic carbocycles. The zero-order chi connectivity index (χ0) is 12.6. The Labute approximate surface area is 104 Å². The monoisotopic (exact) mass is 308 g/mol. The van der Waals surface area contributed by atoms with Crippen LogP contribution in [0.5, 0.6) is 0 Å². The second-order valence-electron chi connectivity index (χ2n) is 4.29. The molecule has 1 rings (SSSR count). The van der Waals surface area contributed by atoms with Crippen LogP contribution in [0.1, 0.15) is 24.2 Å². The molecule has 5 heteroatoms. The summed E-state index contributed by atoms with van der Waals surface area (Å²) in [4.78, 5) is -0.365. The van der Waals surface area contributed by atoms with Crippen LogP contribution in [0, 0.1) is 5.82 Å². The summed E-state index contributed by atoms with van der Waals surface area (Å²) in [6.45, 7) is 3.29. The van der Waals surface area contributed by atoms with Crippen LogP contribution in [-0.2, 0) is 9.84 Å². The number of alkyl halides is 1. The zero-order valence-electron chi connectivity index (χ0n) is 9.37. The maximum atomic E-state index is 12.7. The lowest BCUT2D eigenvalue weighted by Gasteiger charge is -2.28. The second-order valence-corrected chi connectivity index (χ2v) is 7.80. The van der Waals surface area contributed by atoms with Gasteiger partial charge in [-0.25, -0.2) is 12.8 Å². The van der Waals surface area contributed by atoms with Crippen LogP contribution in [0.15, 0.2) is 24.3 Å². The first-order chi connectivity index (χ1) is 7.16. The van der Waals surface area contributed by atoms with Gasteiger partial charge in [-0.05, 0) is 31.5 Å². The van der Waals surface area contributed by atoms with Crippen LogP contribution < -0.4 is 0 Å². The highest BCUT2D eigenvalue weighted by Gasteiger charge is 2.38. The summed E-state index contributed by atoms with van der Waals surface area (Å²) < 4.78 is 35.1. The summed E-state index contributed by atoms with van der Waals surface area (Å²) in [5.74, 6) is -0.333. The van der Waals surface area contributed by atoms with E-state index in [0.717, 1.165) is 5.56 Å². The van der Waals surface area contributed by atoms with Crippen LogP contribution in [0.2, 0.25) is 0 Å². The molecule has 0 heterocycles. The van der Waals surface area contributed by atoms with Crippen molar-refractivity contribution in [3.05, 3.63) is 35.6 Å². The fraction of sp³-hybridized carbons (Fsp3) is 0.455. The van der Waals surface area contributed by atoms with E-state index >= 15 is 0 Å². The summed E-state index contributed by atoms with van der Waals surface area (Å²) in [5.41, 5.74) is 0.747. The van der Waals surface area contributed by atoms with Gasteiger partial charge in [-0.15, -0.1) is 0 Å². The lowest BCUT2D eigenvalue weighted by molar-refractivity contribution is 0.548. The molecule has 0 aliphatic rings. The number of halogens is 2. The average Bonchev–Trinajstić information content (AvgIpc) is 2.16. The van der Waals surface area contributed by atoms with Gasteiger partial charge in [0.1, 0.15) is 5.82 Å². The molecule has 90 valence electrons. The lowest BCUT2D eigenvalue weighted by Crippen LogP contribution is -2.35. The molecule has 0 N–H and O–H groups in total. The highest BCUT2D eigenvalue weighted by atomic mass is 79.9. The quantitative estimate of drug-likeness (QED) is 0.804. The van der Waals surface area contributed by atoms with E-state index in [9.17, 15) is 12.8 Å². The molecule has 0 fully saturated rings. The minimum atomic E-state index is -3.20. The molecule has 2 nitrogen and oxygen atoms in total. The molecule has 0 aliphatic carbocycles. The zero-order valence-corrected chi connectivity index (χ0v) is 11.8. The van der Waals surface area contributed by atoms with Gasteiger partial charge < -0.3 is 0 Å². The van der Waals surface area contributed by atoms with Crippen molar-refractivity contribution in [2.45, 2.75) is 23.4 Å². The van der Waals surface area contributed by atoms with Crippen molar-refractivity contribution in [3.8, 4) is 0 Å². The van der Waals surface area contributed by atoms with Gasteiger partial charge in [0, 0.05) is 6.26 Å². The molecular formula is C11H14BrFO2S. The van der Waals surface area contributed by atoms with Crippen molar-refractivity contribution in [3.63, 3.8) is 0 Å². The van der Waals surface area contributed by atoms with E-state index in [1.807, 2.05) is 0 Å². The maximum absolute atomic E-state index is 12.7. The van der Waals surface area contributed by atoms with Gasteiger partial charge in [0.05, 0.1) is 9.57 Å². The van der Waals surface area contributed by atoms with Gasteiger partial charge in [-0.2, -0.15) is 0 Å². The summed E-state index contributed by atoms with van der Waals surface area (Å²) in [6, 6.07) is 5.81. The molecule has 0 saturated heterocycles. The average molecular weight is 309 g/mol. The minimum absolute atomic E-state index is 0.333. The second kappa shape index (κ2) is 4.45. The molecule has 0 saturated carbocycles. The fourth-order valence-electron chi connectivity index (χ4n) is 1.22. The molecule has 1 atom stereocenters. The minimum Gasteiger partial charge on any atom is -0.229 e. The third-order valence-corrected chi connectivity index (χ3v) is 6.85. The molecule has 0 amide bonds. The molecule has 16 heavy (non-hydrogen) atoms. The fourth-order valence-corrected chi connectivity index (χ4v) is 3.06. The Bertz CT molecular complexity index is 465. The maximum Gasteiger partial charge on any atom is 0.154 e. The SMILES string of the molecule is CC(C)(C(Br)c1ccc(F)cc1)S(C)(=O)=O. The van der Waals surface area contributed by atoms with Crippen LogP contribution in [0.3, 0.4) is 0 Å². The largest absolute Gasteiger partial charge is 0.229 e. The first kappa shape index (κ1) is 13.6. The summed E-state index contributed by atoms with van der Waals surface area (Å²) in [5, 5.41) is 0. The Morgan fingerprint density at radius 1 is 1.25 bits per heavy atom. The Balaban J connectivity index is 3.12. The predicted molar refractivity (Wildman–Crippen MR) is 67.0 cm³/mol. The van der Waals surface area contributed by atoms with E-state index in [4.69, 9.17) is 0 Å². The number of sulfone groups is 1. The van der Waals surface area contributed by atoms with E-state index in [1.165, 1.54) is 18.4 Å². The molecule has 0 bridgehead atoms. The van der Waals surface area contributed by atoms with Crippen molar-refractivity contribution in [2.75, 3.05) is 6.26 Å². The Morgan fingerprint density at radius 2 is 1.69 bits per heavy atom. The van der Waals surface area contributed by atoms with Gasteiger partial charge in [0.2, 0.25) is 0 Å². The van der Waals surface area contributed by atoms with Gasteiger partial charge >= 0.3 is 0 Å². The Morgan fingerprint density at radius 3 is 2.06 bits per heavy atom. The van der Waals surface area contributed by atoms with E-state index in [0.29, 0.717) is 0 Å². The van der Waals surface area contributed by atoms with E-state index in [1.54, 1.807) is 26.0 Å². The summed E-state index contributed by atoms with van der Waals surface area (Å²) in [6.07, 6.45) is 1.20. The van der Waals surface area contributed by atoms with Crippen molar-refractivity contribution < 1.29 is 12.8 Å². The molecule has 0 aromatic heterocycles. The number of hydrogen-bond acceptors (Lipinski definition) is 2. The molecule has 0 radical (unpaired) electrons. The van der Waals surface area contributed by atoms with Crippen molar-refractivity contribution in [1.29, 1.82) is 0 Å². The third-order valence-electron chi connectivity index (χ3n) is 2.73. The standard InChI is InChI=1S/C11H14BrFO2S/c1-11(2,16(3,14)15)10(12)8-4-6-9(13)7-5-8/h4-7,10H,1-3H3. The highest BCUT2D eigenvalue weighted by Crippen LogP contribution is 2.38. The van der Waals surface area contributed by atoms with Crippen LogP contribution >= 0.6 is 15.9 Å². The Hall–Kier alpha value is -0.420. The lowest BCUT2D eigenvalue weighted by atomic mass is 10.0. The van der Waals surface area contributed by atoms with Gasteiger partial charge in [0.15, 0.2) is 9.84 Å². The van der Waals surface area contributed by atoms with Gasteiger partial charge in [-0.1, -0.05) is 28.1 Å². The predicted octanol–water partition coefficient (Wildman–Crippen LogP) is 3.08.